The monoisotopic (exact) mass is 402 g/mol. The summed E-state index contributed by atoms with van der Waals surface area (Å²) in [6, 6.07) is 1.12. The Morgan fingerprint density at radius 1 is 0.923 bits per heavy atom. The maximum Gasteiger partial charge on any atom is 0.151 e. The Labute approximate surface area is 166 Å². The largest absolute Gasteiger partial charge is 0.468 e. The quantitative estimate of drug-likeness (QED) is 0.515. The molecule has 0 aromatic heterocycles. The highest BCUT2D eigenvalue weighted by Gasteiger charge is 2.43. The van der Waals surface area contributed by atoms with Gasteiger partial charge in [-0.3, -0.25) is 9.80 Å². The van der Waals surface area contributed by atoms with Crippen LogP contribution in [-0.2, 0) is 13.6 Å². The molecule has 0 bridgehead atoms. The summed E-state index contributed by atoms with van der Waals surface area (Å²) in [5, 5.41) is 0. The normalized spacial score (nSPS) is 29.5. The summed E-state index contributed by atoms with van der Waals surface area (Å²) in [7, 11) is 0.282. The summed E-state index contributed by atoms with van der Waals surface area (Å²) in [5.74, 6) is 1.06. The number of ether oxygens (including phenoxy) is 2. The molecule has 2 rings (SSSR count). The van der Waals surface area contributed by atoms with Gasteiger partial charge in [0.15, 0.2) is 9.76 Å². The van der Waals surface area contributed by atoms with Crippen molar-refractivity contribution in [1.29, 1.82) is 0 Å². The SMILES string of the molecule is CCC(C([SiH2]O[SiH3])C(CC)N1CCOC1C(C)C)N1CCOC1C(C)C. The van der Waals surface area contributed by atoms with Gasteiger partial charge >= 0.3 is 0 Å². The topological polar surface area (TPSA) is 34.2 Å². The van der Waals surface area contributed by atoms with Crippen LogP contribution in [0.3, 0.4) is 0 Å². The van der Waals surface area contributed by atoms with Crippen molar-refractivity contribution in [2.45, 2.75) is 84.5 Å². The molecule has 0 amide bonds. The van der Waals surface area contributed by atoms with Crippen molar-refractivity contribution >= 4 is 20.2 Å². The highest BCUT2D eigenvalue weighted by atomic mass is 28.3. The van der Waals surface area contributed by atoms with Crippen LogP contribution >= 0.6 is 0 Å². The summed E-state index contributed by atoms with van der Waals surface area (Å²) in [4.78, 5) is 5.32. The van der Waals surface area contributed by atoms with Gasteiger partial charge < -0.3 is 13.6 Å². The highest BCUT2D eigenvalue weighted by molar-refractivity contribution is 6.36. The fourth-order valence-electron chi connectivity index (χ4n) is 5.10. The molecule has 2 aliphatic heterocycles. The zero-order valence-corrected chi connectivity index (χ0v) is 21.5. The van der Waals surface area contributed by atoms with Gasteiger partial charge in [0.1, 0.15) is 22.9 Å². The molecule has 4 unspecified atom stereocenters. The molecule has 2 aliphatic rings. The van der Waals surface area contributed by atoms with Crippen molar-refractivity contribution in [3.63, 3.8) is 0 Å². The Kier molecular flexibility index (Phi) is 9.26. The fourth-order valence-corrected chi connectivity index (χ4v) is 8.29. The predicted molar refractivity (Wildman–Crippen MR) is 114 cm³/mol. The van der Waals surface area contributed by atoms with Gasteiger partial charge in [0, 0.05) is 30.7 Å². The highest BCUT2D eigenvalue weighted by Crippen LogP contribution is 2.36. The van der Waals surface area contributed by atoms with Gasteiger partial charge in [-0.25, -0.2) is 0 Å². The molecule has 2 fully saturated rings. The third kappa shape index (κ3) is 4.98. The second kappa shape index (κ2) is 10.7. The molecule has 0 N–H and O–H groups in total. The summed E-state index contributed by atoms with van der Waals surface area (Å²) in [6.07, 6.45) is 2.87. The van der Waals surface area contributed by atoms with Gasteiger partial charge in [-0.1, -0.05) is 41.5 Å². The average Bonchev–Trinajstić information content (AvgIpc) is 3.26. The Balaban J connectivity index is 2.25. The average molecular weight is 403 g/mol. The lowest BCUT2D eigenvalue weighted by atomic mass is 9.96. The Bertz CT molecular complexity index is 380. The lowest BCUT2D eigenvalue weighted by Gasteiger charge is -2.44. The van der Waals surface area contributed by atoms with Crippen molar-refractivity contribution in [3.05, 3.63) is 0 Å². The van der Waals surface area contributed by atoms with E-state index in [4.69, 9.17) is 13.6 Å². The second-order valence-corrected chi connectivity index (χ2v) is 12.1. The van der Waals surface area contributed by atoms with Crippen LogP contribution in [0.5, 0.6) is 0 Å². The molecule has 2 heterocycles. The Morgan fingerprint density at radius 2 is 1.35 bits per heavy atom. The van der Waals surface area contributed by atoms with Crippen LogP contribution in [0.1, 0.15) is 54.4 Å². The van der Waals surface area contributed by atoms with Crippen LogP contribution in [0, 0.1) is 11.8 Å². The first-order valence-electron chi connectivity index (χ1n) is 10.7. The fraction of sp³-hybridized carbons (Fsp3) is 1.00. The van der Waals surface area contributed by atoms with Gasteiger partial charge in [-0.2, -0.15) is 0 Å². The van der Waals surface area contributed by atoms with Crippen LogP contribution < -0.4 is 0 Å². The summed E-state index contributed by atoms with van der Waals surface area (Å²) < 4.78 is 18.2. The van der Waals surface area contributed by atoms with Crippen LogP contribution in [0.4, 0.5) is 0 Å². The minimum atomic E-state index is -0.576. The van der Waals surface area contributed by atoms with Gasteiger partial charge in [0.05, 0.1) is 13.2 Å². The van der Waals surface area contributed by atoms with Crippen molar-refractivity contribution in [2.75, 3.05) is 26.3 Å². The molecule has 0 aromatic rings. The molecular formula is C19H42N2O3Si2. The minimum Gasteiger partial charge on any atom is -0.468 e. The number of nitrogens with zero attached hydrogens (tertiary/aromatic N) is 2. The smallest absolute Gasteiger partial charge is 0.151 e. The molecule has 0 radical (unpaired) electrons. The zero-order chi connectivity index (χ0) is 19.3. The van der Waals surface area contributed by atoms with E-state index in [1.54, 1.807) is 0 Å². The van der Waals surface area contributed by atoms with E-state index in [9.17, 15) is 0 Å². The molecule has 0 aromatic carbocycles. The molecule has 26 heavy (non-hydrogen) atoms. The first-order valence-corrected chi connectivity index (χ1v) is 12.9. The molecule has 154 valence electrons. The first kappa shape index (κ1) is 22.5. The van der Waals surface area contributed by atoms with Gasteiger partial charge in [0.2, 0.25) is 0 Å². The van der Waals surface area contributed by atoms with E-state index < -0.39 is 9.76 Å². The Morgan fingerprint density at radius 3 is 1.65 bits per heavy atom. The van der Waals surface area contributed by atoms with Gasteiger partial charge in [-0.05, 0) is 24.7 Å². The van der Waals surface area contributed by atoms with Gasteiger partial charge in [0.25, 0.3) is 0 Å². The lowest BCUT2D eigenvalue weighted by Crippen LogP contribution is -2.53. The Hall–Kier alpha value is 0.234. The molecule has 0 spiro atoms. The van der Waals surface area contributed by atoms with E-state index in [2.05, 4.69) is 51.3 Å². The van der Waals surface area contributed by atoms with Crippen molar-refractivity contribution in [2.24, 2.45) is 11.8 Å². The molecule has 0 aliphatic carbocycles. The van der Waals surface area contributed by atoms with Crippen molar-refractivity contribution in [1.82, 2.24) is 9.80 Å². The maximum atomic E-state index is 6.11. The van der Waals surface area contributed by atoms with Crippen LogP contribution in [0.2, 0.25) is 5.54 Å². The van der Waals surface area contributed by atoms with E-state index >= 15 is 0 Å². The second-order valence-electron chi connectivity index (χ2n) is 8.56. The first-order chi connectivity index (χ1) is 12.5. The standard InChI is InChI=1S/C19H42N2O3Si2/c1-7-15(20-9-11-22-18(20)13(3)4)17(26-24-25)16(8-2)21-10-12-23-19(21)14(5)6/h13-19H,7-12,26H2,1-6,25H3. The molecule has 0 saturated carbocycles. The van der Waals surface area contributed by atoms with Crippen LogP contribution in [0.15, 0.2) is 0 Å². The predicted octanol–water partition coefficient (Wildman–Crippen LogP) is 1.34. The van der Waals surface area contributed by atoms with E-state index in [-0.39, 0.29) is 12.5 Å². The van der Waals surface area contributed by atoms with Crippen LogP contribution in [-0.4, -0.2) is 80.9 Å². The zero-order valence-electron chi connectivity index (χ0n) is 18.1. The minimum absolute atomic E-state index is 0.263. The maximum absolute atomic E-state index is 6.11. The molecule has 7 heteroatoms. The molecule has 5 nitrogen and oxygen atoms in total. The van der Waals surface area contributed by atoms with Crippen LogP contribution in [0.25, 0.3) is 0 Å². The van der Waals surface area contributed by atoms with E-state index in [0.717, 1.165) is 36.8 Å². The summed E-state index contributed by atoms with van der Waals surface area (Å²) in [5.41, 5.74) is 0.633. The van der Waals surface area contributed by atoms with Gasteiger partial charge in [-0.15, -0.1) is 0 Å². The summed E-state index contributed by atoms with van der Waals surface area (Å²) in [6.45, 7) is 17.7. The number of hydrogen-bond donors (Lipinski definition) is 0. The van der Waals surface area contributed by atoms with E-state index in [1.807, 2.05) is 0 Å². The summed E-state index contributed by atoms with van der Waals surface area (Å²) >= 11 is 0. The lowest BCUT2D eigenvalue weighted by molar-refractivity contribution is -0.0458. The number of hydrogen-bond acceptors (Lipinski definition) is 5. The molecule has 2 saturated heterocycles. The molecule has 4 atom stereocenters. The third-order valence-electron chi connectivity index (χ3n) is 6.11. The molecular weight excluding hydrogens is 360 g/mol. The van der Waals surface area contributed by atoms with Crippen molar-refractivity contribution < 1.29 is 13.6 Å². The van der Waals surface area contributed by atoms with Crippen molar-refractivity contribution in [3.8, 4) is 0 Å². The van der Waals surface area contributed by atoms with E-state index in [0.29, 0.717) is 29.5 Å². The third-order valence-corrected chi connectivity index (χ3v) is 8.91. The number of rotatable bonds is 10. The van der Waals surface area contributed by atoms with E-state index in [1.165, 1.54) is 12.8 Å².